The summed E-state index contributed by atoms with van der Waals surface area (Å²) in [6.45, 7) is 1.94. The Labute approximate surface area is 128 Å². The molecular weight excluding hydrogens is 280 g/mol. The third kappa shape index (κ3) is 2.88. The van der Waals surface area contributed by atoms with Gasteiger partial charge >= 0.3 is 0 Å². The van der Waals surface area contributed by atoms with Crippen LogP contribution in [0.15, 0.2) is 34.7 Å². The Balaban J connectivity index is 1.76. The van der Waals surface area contributed by atoms with E-state index >= 15 is 0 Å². The summed E-state index contributed by atoms with van der Waals surface area (Å²) in [4.78, 5) is 8.80. The van der Waals surface area contributed by atoms with Crippen molar-refractivity contribution >= 4 is 11.2 Å². The van der Waals surface area contributed by atoms with Crippen LogP contribution >= 0.6 is 0 Å². The van der Waals surface area contributed by atoms with Crippen LogP contribution in [0.4, 0.5) is 0 Å². The molecule has 0 radical (unpaired) electrons. The van der Waals surface area contributed by atoms with Crippen LogP contribution in [0.2, 0.25) is 0 Å². The van der Waals surface area contributed by atoms with Crippen molar-refractivity contribution in [1.82, 2.24) is 9.97 Å². The lowest BCUT2D eigenvalue weighted by Gasteiger charge is -2.08. The monoisotopic (exact) mass is 298 g/mol. The normalized spacial score (nSPS) is 10.9. The molecule has 22 heavy (non-hydrogen) atoms. The third-order valence-corrected chi connectivity index (χ3v) is 3.51. The molecule has 0 spiro atoms. The minimum absolute atomic E-state index is 0.599. The summed E-state index contributed by atoms with van der Waals surface area (Å²) in [6, 6.07) is 9.77. The highest BCUT2D eigenvalue weighted by atomic mass is 16.5. The predicted octanol–water partition coefficient (Wildman–Crippen LogP) is 3.33. The predicted molar refractivity (Wildman–Crippen MR) is 83.5 cm³/mol. The number of hydrogen-bond donors (Lipinski definition) is 0. The summed E-state index contributed by atoms with van der Waals surface area (Å²) < 4.78 is 16.3. The first-order valence-corrected chi connectivity index (χ1v) is 7.13. The molecule has 3 aromatic rings. The molecular formula is C17H18N2O3. The smallest absolute Gasteiger partial charge is 0.247 e. The van der Waals surface area contributed by atoms with Crippen LogP contribution in [-0.4, -0.2) is 24.2 Å². The molecule has 5 heteroatoms. The second kappa shape index (κ2) is 6.05. The van der Waals surface area contributed by atoms with Gasteiger partial charge < -0.3 is 13.9 Å². The quantitative estimate of drug-likeness (QED) is 0.723. The lowest BCUT2D eigenvalue weighted by Crippen LogP contribution is -1.95. The number of hydrogen-bond acceptors (Lipinski definition) is 5. The summed E-state index contributed by atoms with van der Waals surface area (Å²) in [6.07, 6.45) is 1.52. The maximum Gasteiger partial charge on any atom is 0.247 e. The number of rotatable bonds is 5. The average molecular weight is 298 g/mol. The first-order chi connectivity index (χ1) is 10.7. The van der Waals surface area contributed by atoms with Gasteiger partial charge in [-0.15, -0.1) is 0 Å². The molecule has 0 bridgehead atoms. The summed E-state index contributed by atoms with van der Waals surface area (Å²) in [5.74, 6) is 2.16. The van der Waals surface area contributed by atoms with E-state index in [-0.39, 0.29) is 0 Å². The fraction of sp³-hybridized carbons (Fsp3) is 0.294. The highest BCUT2D eigenvalue weighted by Crippen LogP contribution is 2.28. The lowest BCUT2D eigenvalue weighted by molar-refractivity contribution is 0.354. The highest BCUT2D eigenvalue weighted by Gasteiger charge is 2.09. The molecule has 0 aliphatic carbocycles. The van der Waals surface area contributed by atoms with Gasteiger partial charge in [-0.2, -0.15) is 0 Å². The zero-order valence-corrected chi connectivity index (χ0v) is 12.9. The molecule has 0 amide bonds. The Morgan fingerprint density at radius 3 is 2.55 bits per heavy atom. The molecule has 0 atom stereocenters. The second-order valence-electron chi connectivity index (χ2n) is 5.07. The molecule has 2 heterocycles. The molecule has 0 aliphatic heterocycles. The van der Waals surface area contributed by atoms with Gasteiger partial charge in [-0.3, -0.25) is 0 Å². The molecule has 0 saturated carbocycles. The van der Waals surface area contributed by atoms with Gasteiger partial charge in [0.05, 0.1) is 14.2 Å². The topological polar surface area (TPSA) is 57.4 Å². The molecule has 5 nitrogen and oxygen atoms in total. The van der Waals surface area contributed by atoms with E-state index in [4.69, 9.17) is 13.9 Å². The minimum Gasteiger partial charge on any atom is -0.493 e. The van der Waals surface area contributed by atoms with Crippen molar-refractivity contribution in [3.05, 3.63) is 47.5 Å². The minimum atomic E-state index is 0.599. The number of fused-ring (bicyclic) bond motifs is 1. The highest BCUT2D eigenvalue weighted by molar-refractivity contribution is 5.67. The number of benzene rings is 1. The van der Waals surface area contributed by atoms with Gasteiger partial charge in [0, 0.05) is 12.1 Å². The van der Waals surface area contributed by atoms with Gasteiger partial charge in [-0.1, -0.05) is 6.07 Å². The molecule has 0 aliphatic rings. The molecule has 1 aromatic carbocycles. The van der Waals surface area contributed by atoms with Crippen LogP contribution in [0, 0.1) is 6.92 Å². The lowest BCUT2D eigenvalue weighted by atomic mass is 10.1. The SMILES string of the molecule is COc1ccc(CCc2nc3ccc(C)nc3o2)cc1OC. The second-order valence-corrected chi connectivity index (χ2v) is 5.07. The van der Waals surface area contributed by atoms with E-state index in [1.807, 2.05) is 37.3 Å². The number of oxazole rings is 1. The van der Waals surface area contributed by atoms with E-state index in [1.54, 1.807) is 14.2 Å². The van der Waals surface area contributed by atoms with Gasteiger partial charge in [-0.05, 0) is 43.2 Å². The molecule has 3 rings (SSSR count). The maximum absolute atomic E-state index is 5.69. The van der Waals surface area contributed by atoms with E-state index in [0.29, 0.717) is 18.0 Å². The number of ether oxygens (including phenoxy) is 2. The van der Waals surface area contributed by atoms with Crippen LogP contribution in [0.3, 0.4) is 0 Å². The summed E-state index contributed by atoms with van der Waals surface area (Å²) in [5, 5.41) is 0. The van der Waals surface area contributed by atoms with Crippen molar-refractivity contribution in [2.45, 2.75) is 19.8 Å². The van der Waals surface area contributed by atoms with Crippen LogP contribution in [0.25, 0.3) is 11.2 Å². The van der Waals surface area contributed by atoms with E-state index in [2.05, 4.69) is 9.97 Å². The van der Waals surface area contributed by atoms with Gasteiger partial charge in [0.2, 0.25) is 5.71 Å². The van der Waals surface area contributed by atoms with Gasteiger partial charge in [0.15, 0.2) is 17.4 Å². The number of aryl methyl sites for hydroxylation is 3. The van der Waals surface area contributed by atoms with Crippen molar-refractivity contribution in [3.8, 4) is 11.5 Å². The zero-order chi connectivity index (χ0) is 15.5. The largest absolute Gasteiger partial charge is 0.493 e. The molecule has 0 N–H and O–H groups in total. The molecule has 2 aromatic heterocycles. The number of pyridine rings is 1. The van der Waals surface area contributed by atoms with Crippen molar-refractivity contribution in [2.75, 3.05) is 14.2 Å². The summed E-state index contributed by atoms with van der Waals surface area (Å²) in [5.41, 5.74) is 3.47. The summed E-state index contributed by atoms with van der Waals surface area (Å²) in [7, 11) is 3.27. The number of methoxy groups -OCH3 is 2. The first-order valence-electron chi connectivity index (χ1n) is 7.13. The average Bonchev–Trinajstić information content (AvgIpc) is 2.94. The maximum atomic E-state index is 5.69. The fourth-order valence-electron chi connectivity index (χ4n) is 2.35. The van der Waals surface area contributed by atoms with Crippen molar-refractivity contribution in [2.24, 2.45) is 0 Å². The van der Waals surface area contributed by atoms with Crippen molar-refractivity contribution in [1.29, 1.82) is 0 Å². The summed E-state index contributed by atoms with van der Waals surface area (Å²) >= 11 is 0. The van der Waals surface area contributed by atoms with Crippen LogP contribution in [-0.2, 0) is 12.8 Å². The Morgan fingerprint density at radius 2 is 1.77 bits per heavy atom. The molecule has 0 saturated heterocycles. The standard InChI is InChI=1S/C17H18N2O3/c1-11-4-7-13-17(18-11)22-16(19-13)9-6-12-5-8-14(20-2)15(10-12)21-3/h4-5,7-8,10H,6,9H2,1-3H3. The zero-order valence-electron chi connectivity index (χ0n) is 12.9. The van der Waals surface area contributed by atoms with Crippen LogP contribution < -0.4 is 9.47 Å². The van der Waals surface area contributed by atoms with E-state index in [0.717, 1.165) is 34.7 Å². The van der Waals surface area contributed by atoms with Crippen LogP contribution in [0.1, 0.15) is 17.1 Å². The van der Waals surface area contributed by atoms with E-state index in [1.165, 1.54) is 0 Å². The Morgan fingerprint density at radius 1 is 0.955 bits per heavy atom. The van der Waals surface area contributed by atoms with Gasteiger partial charge in [-0.25, -0.2) is 9.97 Å². The molecule has 114 valence electrons. The van der Waals surface area contributed by atoms with E-state index < -0.39 is 0 Å². The van der Waals surface area contributed by atoms with Crippen molar-refractivity contribution < 1.29 is 13.9 Å². The number of aromatic nitrogens is 2. The van der Waals surface area contributed by atoms with Crippen LogP contribution in [0.5, 0.6) is 11.5 Å². The Hall–Kier alpha value is -2.56. The fourth-order valence-corrected chi connectivity index (χ4v) is 2.35. The third-order valence-electron chi connectivity index (χ3n) is 3.51. The number of nitrogens with zero attached hydrogens (tertiary/aromatic N) is 2. The Kier molecular flexibility index (Phi) is 3.96. The first kappa shape index (κ1) is 14.4. The van der Waals surface area contributed by atoms with Crippen molar-refractivity contribution in [3.63, 3.8) is 0 Å². The molecule has 0 unspecified atom stereocenters. The van der Waals surface area contributed by atoms with Gasteiger partial charge in [0.25, 0.3) is 0 Å². The van der Waals surface area contributed by atoms with Gasteiger partial charge in [0.1, 0.15) is 5.52 Å². The Bertz CT molecular complexity index is 796. The molecule has 0 fully saturated rings. The van der Waals surface area contributed by atoms with E-state index in [9.17, 15) is 0 Å².